The number of nitrogens with one attached hydrogen (secondary N) is 1. The molecule has 0 aliphatic carbocycles. The first-order chi connectivity index (χ1) is 9.65. The first-order valence-electron chi connectivity index (χ1n) is 6.42. The Balaban J connectivity index is 1.63. The monoisotopic (exact) mass is 293 g/mol. The van der Waals surface area contributed by atoms with Crippen LogP contribution in [0, 0.1) is 6.92 Å². The van der Waals surface area contributed by atoms with Gasteiger partial charge < -0.3 is 14.8 Å². The Kier molecular flexibility index (Phi) is 3.54. The van der Waals surface area contributed by atoms with Gasteiger partial charge in [0.25, 0.3) is 0 Å². The molecule has 1 aliphatic rings. The summed E-state index contributed by atoms with van der Waals surface area (Å²) in [7, 11) is 1.84. The molecule has 0 bridgehead atoms. The number of hydrogen-bond donors (Lipinski definition) is 1. The second-order valence-corrected chi connectivity index (χ2v) is 5.13. The minimum Gasteiger partial charge on any atom is -0.454 e. The van der Waals surface area contributed by atoms with Crippen LogP contribution in [-0.4, -0.2) is 16.6 Å². The van der Waals surface area contributed by atoms with Gasteiger partial charge in [-0.25, -0.2) is 0 Å². The van der Waals surface area contributed by atoms with E-state index in [1.807, 2.05) is 32.2 Å². The number of benzene rings is 1. The fourth-order valence-electron chi connectivity index (χ4n) is 2.26. The molecule has 0 fully saturated rings. The average molecular weight is 294 g/mol. The summed E-state index contributed by atoms with van der Waals surface area (Å²) in [6, 6.07) is 5.95. The van der Waals surface area contributed by atoms with Gasteiger partial charge in [0.15, 0.2) is 11.5 Å². The molecule has 0 atom stereocenters. The predicted octanol–water partition coefficient (Wildman–Crippen LogP) is 2.40. The molecule has 1 aromatic carbocycles. The zero-order chi connectivity index (χ0) is 14.1. The van der Waals surface area contributed by atoms with Crippen molar-refractivity contribution in [3.8, 4) is 11.5 Å². The lowest BCUT2D eigenvalue weighted by Crippen LogP contribution is -2.13. The van der Waals surface area contributed by atoms with Crippen molar-refractivity contribution in [1.82, 2.24) is 15.1 Å². The number of aromatic nitrogens is 2. The van der Waals surface area contributed by atoms with Crippen LogP contribution in [-0.2, 0) is 20.1 Å². The van der Waals surface area contributed by atoms with Crippen LogP contribution in [0.2, 0.25) is 5.15 Å². The van der Waals surface area contributed by atoms with Crippen LogP contribution in [0.5, 0.6) is 11.5 Å². The molecule has 1 N–H and O–H groups in total. The average Bonchev–Trinajstić information content (AvgIpc) is 2.98. The Morgan fingerprint density at radius 3 is 2.85 bits per heavy atom. The number of halogens is 1. The zero-order valence-electron chi connectivity index (χ0n) is 11.4. The third-order valence-corrected chi connectivity index (χ3v) is 3.81. The lowest BCUT2D eigenvalue weighted by molar-refractivity contribution is 0.174. The van der Waals surface area contributed by atoms with Crippen LogP contribution in [0.1, 0.15) is 16.8 Å². The molecule has 0 radical (unpaired) electrons. The molecule has 2 aromatic rings. The molecule has 20 heavy (non-hydrogen) atoms. The molecule has 6 heteroatoms. The number of aryl methyl sites for hydroxylation is 2. The summed E-state index contributed by atoms with van der Waals surface area (Å²) < 4.78 is 12.3. The van der Waals surface area contributed by atoms with E-state index in [2.05, 4.69) is 10.4 Å². The van der Waals surface area contributed by atoms with Crippen LogP contribution in [0.25, 0.3) is 0 Å². The standard InChI is InChI=1S/C14H16ClN3O2/c1-9-11(14(15)18(2)17-9)7-16-6-10-3-4-12-13(5-10)20-8-19-12/h3-5,16H,6-8H2,1-2H3. The van der Waals surface area contributed by atoms with E-state index in [1.165, 1.54) is 0 Å². The maximum Gasteiger partial charge on any atom is 0.231 e. The van der Waals surface area contributed by atoms with Crippen LogP contribution >= 0.6 is 11.6 Å². The van der Waals surface area contributed by atoms with Gasteiger partial charge in [0, 0.05) is 25.7 Å². The predicted molar refractivity (Wildman–Crippen MR) is 76.1 cm³/mol. The van der Waals surface area contributed by atoms with Gasteiger partial charge in [-0.15, -0.1) is 0 Å². The SMILES string of the molecule is Cc1nn(C)c(Cl)c1CNCc1ccc2c(c1)OCO2. The number of rotatable bonds is 4. The van der Waals surface area contributed by atoms with E-state index in [9.17, 15) is 0 Å². The maximum atomic E-state index is 6.20. The van der Waals surface area contributed by atoms with Crippen molar-refractivity contribution in [3.05, 3.63) is 40.2 Å². The van der Waals surface area contributed by atoms with Gasteiger partial charge in [-0.3, -0.25) is 4.68 Å². The van der Waals surface area contributed by atoms with Crippen molar-refractivity contribution in [1.29, 1.82) is 0 Å². The van der Waals surface area contributed by atoms with Crippen molar-refractivity contribution < 1.29 is 9.47 Å². The topological polar surface area (TPSA) is 48.3 Å². The molecule has 0 amide bonds. The summed E-state index contributed by atoms with van der Waals surface area (Å²) in [6.45, 7) is 3.69. The Bertz CT molecular complexity index is 640. The molecule has 1 aliphatic heterocycles. The van der Waals surface area contributed by atoms with Gasteiger partial charge in [0.05, 0.1) is 5.69 Å². The molecule has 0 saturated carbocycles. The highest BCUT2D eigenvalue weighted by Crippen LogP contribution is 2.32. The fourth-order valence-corrected chi connectivity index (χ4v) is 2.50. The number of ether oxygens (including phenoxy) is 2. The van der Waals surface area contributed by atoms with Crippen LogP contribution in [0.15, 0.2) is 18.2 Å². The van der Waals surface area contributed by atoms with Gasteiger partial charge >= 0.3 is 0 Å². The molecule has 0 saturated heterocycles. The van der Waals surface area contributed by atoms with Crippen molar-refractivity contribution in [2.45, 2.75) is 20.0 Å². The van der Waals surface area contributed by atoms with Gasteiger partial charge in [-0.1, -0.05) is 17.7 Å². The first-order valence-corrected chi connectivity index (χ1v) is 6.80. The summed E-state index contributed by atoms with van der Waals surface area (Å²) in [5.41, 5.74) is 3.14. The lowest BCUT2D eigenvalue weighted by atomic mass is 10.2. The van der Waals surface area contributed by atoms with E-state index in [4.69, 9.17) is 21.1 Å². The van der Waals surface area contributed by atoms with Crippen molar-refractivity contribution in [2.75, 3.05) is 6.79 Å². The summed E-state index contributed by atoms with van der Waals surface area (Å²) in [5, 5.41) is 8.34. The van der Waals surface area contributed by atoms with Crippen LogP contribution < -0.4 is 14.8 Å². The largest absolute Gasteiger partial charge is 0.454 e. The Morgan fingerprint density at radius 1 is 1.30 bits per heavy atom. The van der Waals surface area contributed by atoms with Crippen molar-refractivity contribution in [3.63, 3.8) is 0 Å². The third-order valence-electron chi connectivity index (χ3n) is 3.34. The highest BCUT2D eigenvalue weighted by atomic mass is 35.5. The van der Waals surface area contributed by atoms with Crippen molar-refractivity contribution >= 4 is 11.6 Å². The maximum absolute atomic E-state index is 6.20. The molecule has 2 heterocycles. The molecule has 1 aromatic heterocycles. The van der Waals surface area contributed by atoms with Gasteiger partial charge in [-0.05, 0) is 24.6 Å². The summed E-state index contributed by atoms with van der Waals surface area (Å²) in [6.07, 6.45) is 0. The first kappa shape index (κ1) is 13.3. The molecule has 106 valence electrons. The van der Waals surface area contributed by atoms with Gasteiger partial charge in [-0.2, -0.15) is 5.10 Å². The second-order valence-electron chi connectivity index (χ2n) is 4.77. The molecule has 0 spiro atoms. The minimum atomic E-state index is 0.302. The van der Waals surface area contributed by atoms with Crippen LogP contribution in [0.4, 0.5) is 0 Å². The van der Waals surface area contributed by atoms with Gasteiger partial charge in [0.1, 0.15) is 5.15 Å². The minimum absolute atomic E-state index is 0.302. The number of fused-ring (bicyclic) bond motifs is 1. The second kappa shape index (κ2) is 5.34. The Hall–Kier alpha value is -1.72. The Morgan fingerprint density at radius 2 is 2.10 bits per heavy atom. The molecular weight excluding hydrogens is 278 g/mol. The zero-order valence-corrected chi connectivity index (χ0v) is 12.2. The highest BCUT2D eigenvalue weighted by Gasteiger charge is 2.14. The molecular formula is C14H16ClN3O2. The summed E-state index contributed by atoms with van der Waals surface area (Å²) in [4.78, 5) is 0. The molecule has 5 nitrogen and oxygen atoms in total. The van der Waals surface area contributed by atoms with Crippen LogP contribution in [0.3, 0.4) is 0 Å². The fraction of sp³-hybridized carbons (Fsp3) is 0.357. The van der Waals surface area contributed by atoms with E-state index in [0.717, 1.165) is 34.9 Å². The van der Waals surface area contributed by atoms with Crippen molar-refractivity contribution in [2.24, 2.45) is 7.05 Å². The quantitative estimate of drug-likeness (QED) is 0.940. The Labute approximate surface area is 122 Å². The van der Waals surface area contributed by atoms with E-state index >= 15 is 0 Å². The molecule has 3 rings (SSSR count). The van der Waals surface area contributed by atoms with E-state index < -0.39 is 0 Å². The van der Waals surface area contributed by atoms with E-state index in [0.29, 0.717) is 18.5 Å². The normalized spacial score (nSPS) is 12.9. The van der Waals surface area contributed by atoms with E-state index in [-0.39, 0.29) is 0 Å². The third kappa shape index (κ3) is 2.46. The highest BCUT2D eigenvalue weighted by molar-refractivity contribution is 6.30. The number of nitrogens with zero attached hydrogens (tertiary/aromatic N) is 2. The summed E-state index contributed by atoms with van der Waals surface area (Å²) in [5.74, 6) is 1.61. The molecule has 0 unspecified atom stereocenters. The van der Waals surface area contributed by atoms with E-state index in [1.54, 1.807) is 4.68 Å². The smallest absolute Gasteiger partial charge is 0.231 e. The lowest BCUT2D eigenvalue weighted by Gasteiger charge is -2.06. The number of hydrogen-bond acceptors (Lipinski definition) is 4. The summed E-state index contributed by atoms with van der Waals surface area (Å²) >= 11 is 6.20. The van der Waals surface area contributed by atoms with Gasteiger partial charge in [0.2, 0.25) is 6.79 Å².